The van der Waals surface area contributed by atoms with Crippen molar-refractivity contribution < 1.29 is 52.5 Å². The van der Waals surface area contributed by atoms with E-state index in [9.17, 15) is 28.8 Å². The van der Waals surface area contributed by atoms with Crippen molar-refractivity contribution in [2.24, 2.45) is 5.92 Å². The van der Waals surface area contributed by atoms with Crippen LogP contribution in [0.3, 0.4) is 0 Å². The van der Waals surface area contributed by atoms with Crippen molar-refractivity contribution >= 4 is 35.6 Å². The number of unbranched alkanes of at least 4 members (excludes halogenated alkanes) is 2. The van der Waals surface area contributed by atoms with Gasteiger partial charge in [0.1, 0.15) is 6.10 Å². The number of hydrogen-bond acceptors (Lipinski definition) is 11. The minimum absolute atomic E-state index is 0.0325. The molecule has 1 fully saturated rings. The van der Waals surface area contributed by atoms with E-state index in [4.69, 9.17) is 23.7 Å². The van der Waals surface area contributed by atoms with Crippen molar-refractivity contribution in [1.29, 1.82) is 0 Å². The molecule has 0 bridgehead atoms. The average molecular weight is 740 g/mol. The van der Waals surface area contributed by atoms with E-state index in [1.54, 1.807) is 32.9 Å². The van der Waals surface area contributed by atoms with Gasteiger partial charge in [-0.15, -0.1) is 0 Å². The third-order valence-electron chi connectivity index (χ3n) is 8.94. The quantitative estimate of drug-likeness (QED) is 0.108. The molecule has 3 rings (SSSR count). The third kappa shape index (κ3) is 12.7. The molecule has 2 aromatic carbocycles. The summed E-state index contributed by atoms with van der Waals surface area (Å²) in [5.41, 5.74) is 2.32. The summed E-state index contributed by atoms with van der Waals surface area (Å²) in [6.45, 7) is 7.80. The number of methoxy groups -OCH3 is 1. The fraction of sp³-hybridized carbons (Fsp3) is 0.538. The van der Waals surface area contributed by atoms with Gasteiger partial charge >= 0.3 is 17.9 Å². The van der Waals surface area contributed by atoms with Gasteiger partial charge in [0, 0.05) is 44.6 Å². The molecular formula is C39H53N3O11. The predicted octanol–water partition coefficient (Wildman–Crippen LogP) is 3.85. The van der Waals surface area contributed by atoms with Crippen LogP contribution in [-0.4, -0.2) is 92.6 Å². The second-order valence-electron chi connectivity index (χ2n) is 12.9. The standard InChI is InChI=1S/C39H53N3O11/c1-7-33(45)42-31-23-39(38(48)49-6,51-22-14-10-13-17-34(46)50-8-2)53-36(35(31)41-26(4)43)25(3)32(52-27(5)44)24-40-37(47)30-20-18-29(19-21-30)28-15-11-9-12-16-28/h9,11-12,15-16,18-21,25,31-32,35-36H,7-8,10,13-14,17,22-24H2,1-6H3,(H,40,47)(H,41,43)(H,42,45)/t25-,31+,32-,35-,36+,39-/m1/s1. The molecule has 6 atom stereocenters. The van der Waals surface area contributed by atoms with Crippen molar-refractivity contribution in [2.45, 2.75) is 103 Å². The highest BCUT2D eigenvalue weighted by Crippen LogP contribution is 2.37. The molecule has 1 aliphatic heterocycles. The van der Waals surface area contributed by atoms with E-state index < -0.39 is 59.7 Å². The van der Waals surface area contributed by atoms with Crippen LogP contribution < -0.4 is 16.0 Å². The summed E-state index contributed by atoms with van der Waals surface area (Å²) in [6.07, 6.45) is -0.393. The first-order valence-electron chi connectivity index (χ1n) is 18.1. The van der Waals surface area contributed by atoms with Crippen molar-refractivity contribution in [1.82, 2.24) is 16.0 Å². The van der Waals surface area contributed by atoms with Gasteiger partial charge in [0.05, 0.1) is 45.1 Å². The van der Waals surface area contributed by atoms with Crippen LogP contribution in [0.4, 0.5) is 0 Å². The highest BCUT2D eigenvalue weighted by atomic mass is 16.7. The number of amides is 3. The summed E-state index contributed by atoms with van der Waals surface area (Å²) in [5, 5.41) is 8.58. The largest absolute Gasteiger partial charge is 0.466 e. The van der Waals surface area contributed by atoms with E-state index in [1.807, 2.05) is 42.5 Å². The van der Waals surface area contributed by atoms with Gasteiger partial charge in [0.2, 0.25) is 11.8 Å². The average Bonchev–Trinajstić information content (AvgIpc) is 3.14. The molecular weight excluding hydrogens is 686 g/mol. The van der Waals surface area contributed by atoms with Crippen molar-refractivity contribution in [3.8, 4) is 11.1 Å². The molecule has 53 heavy (non-hydrogen) atoms. The van der Waals surface area contributed by atoms with E-state index in [1.165, 1.54) is 21.0 Å². The van der Waals surface area contributed by atoms with Crippen molar-refractivity contribution in [3.63, 3.8) is 0 Å². The summed E-state index contributed by atoms with van der Waals surface area (Å²) < 4.78 is 28.5. The Kier molecular flexibility index (Phi) is 16.9. The second kappa shape index (κ2) is 21.0. The number of carbonyl (C=O) groups excluding carboxylic acids is 6. The molecule has 14 nitrogen and oxygen atoms in total. The summed E-state index contributed by atoms with van der Waals surface area (Å²) in [6, 6.07) is 15.0. The number of hydrogen-bond donors (Lipinski definition) is 3. The van der Waals surface area contributed by atoms with Gasteiger partial charge in [0.15, 0.2) is 0 Å². The normalized spacial score (nSPS) is 20.6. The second-order valence-corrected chi connectivity index (χ2v) is 12.9. The van der Waals surface area contributed by atoms with Crippen LogP contribution in [0.2, 0.25) is 0 Å². The SMILES string of the molecule is CCOC(=O)CCCCCO[C@]1(C(=O)OC)C[C@H](NC(=O)CC)[C@@H](NC(C)=O)[C@H]([C@H](C)[C@@H](CNC(=O)c2ccc(-c3ccccc3)cc2)OC(C)=O)O1. The van der Waals surface area contributed by atoms with Crippen LogP contribution in [0.15, 0.2) is 54.6 Å². The van der Waals surface area contributed by atoms with Gasteiger partial charge in [0.25, 0.3) is 11.7 Å². The lowest BCUT2D eigenvalue weighted by Crippen LogP contribution is -2.70. The molecule has 0 aromatic heterocycles. The smallest absolute Gasteiger partial charge is 0.366 e. The zero-order valence-electron chi connectivity index (χ0n) is 31.4. The summed E-state index contributed by atoms with van der Waals surface area (Å²) in [5.74, 6) is -5.83. The molecule has 3 amide bonds. The minimum Gasteiger partial charge on any atom is -0.466 e. The highest BCUT2D eigenvalue weighted by molar-refractivity contribution is 5.94. The number of ether oxygens (including phenoxy) is 5. The Morgan fingerprint density at radius 1 is 0.906 bits per heavy atom. The Morgan fingerprint density at radius 2 is 1.58 bits per heavy atom. The van der Waals surface area contributed by atoms with E-state index >= 15 is 0 Å². The van der Waals surface area contributed by atoms with Crippen molar-refractivity contribution in [2.75, 3.05) is 26.9 Å². The predicted molar refractivity (Wildman–Crippen MR) is 194 cm³/mol. The molecule has 2 aromatic rings. The van der Waals surface area contributed by atoms with Crippen LogP contribution >= 0.6 is 0 Å². The maximum absolute atomic E-state index is 13.5. The summed E-state index contributed by atoms with van der Waals surface area (Å²) >= 11 is 0. The van der Waals surface area contributed by atoms with E-state index in [2.05, 4.69) is 16.0 Å². The molecule has 3 N–H and O–H groups in total. The first-order chi connectivity index (χ1) is 25.3. The van der Waals surface area contributed by atoms with E-state index in [0.717, 1.165) is 11.1 Å². The van der Waals surface area contributed by atoms with Crippen LogP contribution in [-0.2, 0) is 47.7 Å². The maximum atomic E-state index is 13.5. The fourth-order valence-electron chi connectivity index (χ4n) is 6.24. The number of benzene rings is 2. The van der Waals surface area contributed by atoms with Gasteiger partial charge in [-0.25, -0.2) is 4.79 Å². The van der Waals surface area contributed by atoms with Gasteiger partial charge in [-0.2, -0.15) is 0 Å². The number of carbonyl (C=O) groups is 6. The first kappa shape index (κ1) is 42.6. The Balaban J connectivity index is 1.89. The molecule has 1 heterocycles. The zero-order valence-corrected chi connectivity index (χ0v) is 31.4. The Bertz CT molecular complexity index is 1530. The molecule has 1 saturated heterocycles. The summed E-state index contributed by atoms with van der Waals surface area (Å²) in [4.78, 5) is 76.3. The van der Waals surface area contributed by atoms with Crippen LogP contribution in [0, 0.1) is 5.92 Å². The maximum Gasteiger partial charge on any atom is 0.366 e. The van der Waals surface area contributed by atoms with Gasteiger partial charge in [-0.05, 0) is 43.0 Å². The molecule has 14 heteroatoms. The molecule has 0 radical (unpaired) electrons. The fourth-order valence-corrected chi connectivity index (χ4v) is 6.24. The topological polar surface area (TPSA) is 185 Å². The summed E-state index contributed by atoms with van der Waals surface area (Å²) in [7, 11) is 1.18. The van der Waals surface area contributed by atoms with E-state index in [-0.39, 0.29) is 44.3 Å². The molecule has 0 spiro atoms. The third-order valence-corrected chi connectivity index (χ3v) is 8.94. The van der Waals surface area contributed by atoms with Crippen LogP contribution in [0.1, 0.15) is 83.5 Å². The molecule has 290 valence electrons. The Labute approximate surface area is 311 Å². The number of esters is 3. The first-order valence-corrected chi connectivity index (χ1v) is 18.1. The lowest BCUT2D eigenvalue weighted by atomic mass is 9.82. The molecule has 0 saturated carbocycles. The van der Waals surface area contributed by atoms with Gasteiger partial charge in [-0.3, -0.25) is 24.0 Å². The van der Waals surface area contributed by atoms with Crippen LogP contribution in [0.25, 0.3) is 11.1 Å². The molecule has 0 aliphatic carbocycles. The number of nitrogens with one attached hydrogen (secondary N) is 3. The Hall–Kier alpha value is -4.82. The monoisotopic (exact) mass is 739 g/mol. The Morgan fingerprint density at radius 3 is 2.19 bits per heavy atom. The molecule has 1 aliphatic rings. The van der Waals surface area contributed by atoms with E-state index in [0.29, 0.717) is 31.4 Å². The zero-order chi connectivity index (χ0) is 39.0. The molecule has 0 unspecified atom stereocenters. The number of rotatable bonds is 19. The lowest BCUT2D eigenvalue weighted by Gasteiger charge is -2.49. The minimum atomic E-state index is -2.03. The highest BCUT2D eigenvalue weighted by Gasteiger charge is 2.56. The van der Waals surface area contributed by atoms with Gasteiger partial charge < -0.3 is 39.6 Å². The van der Waals surface area contributed by atoms with Crippen LogP contribution in [0.5, 0.6) is 0 Å². The lowest BCUT2D eigenvalue weighted by molar-refractivity contribution is -0.296. The van der Waals surface area contributed by atoms with Gasteiger partial charge in [-0.1, -0.05) is 62.7 Å². The van der Waals surface area contributed by atoms with Crippen molar-refractivity contribution in [3.05, 3.63) is 60.2 Å².